The highest BCUT2D eigenvalue weighted by molar-refractivity contribution is 5.97. The number of nitrogens with two attached hydrogens (primary N) is 1. The molecule has 0 aromatic carbocycles. The van der Waals surface area contributed by atoms with Gasteiger partial charge in [0.05, 0.1) is 38.1 Å². The molecule has 5 aliphatic rings. The smallest absolute Gasteiger partial charge is 0.343 e. The molecule has 4 unspecified atom stereocenters. The molecule has 0 radical (unpaired) electrons. The van der Waals surface area contributed by atoms with E-state index < -0.39 is 17.5 Å². The zero-order valence-corrected chi connectivity index (χ0v) is 25.0. The maximum atomic E-state index is 13.1. The van der Waals surface area contributed by atoms with E-state index in [1.165, 1.54) is 0 Å². The first-order chi connectivity index (χ1) is 20.6. The Kier molecular flexibility index (Phi) is 6.82. The molecule has 0 bridgehead atoms. The molecule has 2 saturated heterocycles. The number of aliphatic hydroxyl groups excluding tert-OH is 2. The normalized spacial score (nSPS) is 39.0. The Bertz CT molecular complexity index is 1540. The maximum absolute atomic E-state index is 13.1. The fourth-order valence-corrected chi connectivity index (χ4v) is 8.70. The molecule has 11 nitrogen and oxygen atoms in total. The number of fused-ring (bicyclic) bond motifs is 2. The summed E-state index contributed by atoms with van der Waals surface area (Å²) >= 11 is 0. The van der Waals surface area contributed by atoms with E-state index in [-0.39, 0.29) is 41.4 Å². The van der Waals surface area contributed by atoms with Gasteiger partial charge >= 0.3 is 5.97 Å². The number of aryl methyl sites for hydroxylation is 1. The second-order valence-corrected chi connectivity index (χ2v) is 13.5. The monoisotopic (exact) mass is 591 g/mol. The molecule has 1 spiro atoms. The van der Waals surface area contributed by atoms with E-state index in [9.17, 15) is 15.0 Å². The van der Waals surface area contributed by atoms with Crippen LogP contribution in [0.3, 0.4) is 0 Å². The lowest BCUT2D eigenvalue weighted by Crippen LogP contribution is -2.67. The van der Waals surface area contributed by atoms with Crippen LogP contribution in [0.25, 0.3) is 17.1 Å². The van der Waals surface area contributed by atoms with Gasteiger partial charge in [-0.3, -0.25) is 4.90 Å². The van der Waals surface area contributed by atoms with Gasteiger partial charge in [-0.05, 0) is 42.7 Å². The van der Waals surface area contributed by atoms with Crippen LogP contribution in [0.2, 0.25) is 0 Å². The molecule has 2 aliphatic carbocycles. The Morgan fingerprint density at radius 2 is 2.02 bits per heavy atom. The van der Waals surface area contributed by atoms with Crippen molar-refractivity contribution < 1.29 is 29.2 Å². The van der Waals surface area contributed by atoms with Gasteiger partial charge in [0.25, 0.3) is 0 Å². The Balaban J connectivity index is 1.24. The van der Waals surface area contributed by atoms with Gasteiger partial charge in [-0.25, -0.2) is 9.78 Å². The summed E-state index contributed by atoms with van der Waals surface area (Å²) in [5.41, 5.74) is 6.51. The Labute approximate surface area is 251 Å². The minimum Gasteiger partial charge on any atom is -0.423 e. The number of aliphatic hydroxyl groups is 2. The quantitative estimate of drug-likeness (QED) is 0.349. The summed E-state index contributed by atoms with van der Waals surface area (Å²) in [5, 5.41) is 22.6. The standard InChI is InChI=1S/C32H41N5O6/c1-30-7-6-26(39)31(2,17-38)24(30)14-25(37-8-10-41-11-9-37)32(18-42-32)23(30)5-4-19-12-21(43-28(19)40)13-20-16-36(3)27-22(20)15-34-29(33)35-27/h4-5,12-13,15-16,23-26,38-39H,6-11,14,17-18H2,1-3H3,(H2,33,34,35)/b5-4+,21-13+/t23?,24?,25?,26-,30-,31+,32?/m1/s1. The van der Waals surface area contributed by atoms with Gasteiger partial charge in [0.1, 0.15) is 17.0 Å². The molecule has 3 aliphatic heterocycles. The summed E-state index contributed by atoms with van der Waals surface area (Å²) in [6.07, 6.45) is 12.9. The van der Waals surface area contributed by atoms with Crippen molar-refractivity contribution in [1.29, 1.82) is 0 Å². The highest BCUT2D eigenvalue weighted by Gasteiger charge is 2.71. The number of hydrogen-bond donors (Lipinski definition) is 3. The van der Waals surface area contributed by atoms with Crippen LogP contribution in [0.1, 0.15) is 38.7 Å². The lowest BCUT2D eigenvalue weighted by molar-refractivity contribution is -0.186. The number of esters is 1. The molecule has 230 valence electrons. The number of epoxide rings is 1. The van der Waals surface area contributed by atoms with Gasteiger partial charge in [0.15, 0.2) is 0 Å². The number of nitrogen functional groups attached to an aromatic ring is 1. The van der Waals surface area contributed by atoms with Crippen LogP contribution in [0.4, 0.5) is 5.95 Å². The summed E-state index contributed by atoms with van der Waals surface area (Å²) in [6.45, 7) is 7.89. The van der Waals surface area contributed by atoms with E-state index in [2.05, 4.69) is 27.9 Å². The van der Waals surface area contributed by atoms with E-state index in [0.29, 0.717) is 43.2 Å². The number of cyclic esters (lactones) is 1. The van der Waals surface area contributed by atoms with Crippen LogP contribution in [0, 0.1) is 22.7 Å². The molecule has 4 fully saturated rings. The fraction of sp³-hybridized carbons (Fsp3) is 0.594. The van der Waals surface area contributed by atoms with Gasteiger partial charge in [-0.2, -0.15) is 4.98 Å². The Morgan fingerprint density at radius 1 is 1.26 bits per heavy atom. The van der Waals surface area contributed by atoms with E-state index in [4.69, 9.17) is 19.9 Å². The van der Waals surface area contributed by atoms with Gasteiger partial charge in [-0.1, -0.05) is 26.0 Å². The van der Waals surface area contributed by atoms with Crippen molar-refractivity contribution in [2.75, 3.05) is 45.3 Å². The number of nitrogens with zero attached hydrogens (tertiary/aromatic N) is 4. The average molecular weight is 592 g/mol. The van der Waals surface area contributed by atoms with Gasteiger partial charge in [0.2, 0.25) is 5.95 Å². The van der Waals surface area contributed by atoms with Crippen LogP contribution < -0.4 is 5.73 Å². The number of ether oxygens (including phenoxy) is 3. The second kappa shape index (κ2) is 10.2. The molecular formula is C32H41N5O6. The van der Waals surface area contributed by atoms with Crippen molar-refractivity contribution in [3.05, 3.63) is 47.5 Å². The Hall–Kier alpha value is -3.09. The van der Waals surface area contributed by atoms with Crippen molar-refractivity contribution >= 4 is 29.0 Å². The Morgan fingerprint density at radius 3 is 2.74 bits per heavy atom. The molecule has 11 heteroatoms. The van der Waals surface area contributed by atoms with Crippen molar-refractivity contribution in [2.45, 2.75) is 50.9 Å². The number of morpholine rings is 1. The molecule has 7 rings (SSSR count). The minimum absolute atomic E-state index is 0.0210. The molecule has 0 amide bonds. The fourth-order valence-electron chi connectivity index (χ4n) is 8.70. The van der Waals surface area contributed by atoms with Crippen molar-refractivity contribution in [2.24, 2.45) is 29.7 Å². The lowest BCUT2D eigenvalue weighted by atomic mass is 9.44. The number of anilines is 1. The van der Waals surface area contributed by atoms with Crippen molar-refractivity contribution in [3.63, 3.8) is 0 Å². The van der Waals surface area contributed by atoms with Crippen LogP contribution in [-0.2, 0) is 26.1 Å². The van der Waals surface area contributed by atoms with Gasteiger partial charge < -0.3 is 34.7 Å². The summed E-state index contributed by atoms with van der Waals surface area (Å²) < 4.78 is 19.6. The predicted octanol–water partition coefficient (Wildman–Crippen LogP) is 2.20. The first-order valence-corrected chi connectivity index (χ1v) is 15.2. The number of allylic oxidation sites excluding steroid dienone is 1. The van der Waals surface area contributed by atoms with E-state index in [1.54, 1.807) is 12.3 Å². The highest BCUT2D eigenvalue weighted by Crippen LogP contribution is 2.66. The topological polar surface area (TPSA) is 148 Å². The van der Waals surface area contributed by atoms with Crippen LogP contribution >= 0.6 is 0 Å². The first kappa shape index (κ1) is 28.7. The summed E-state index contributed by atoms with van der Waals surface area (Å²) in [6, 6.07) is 0.128. The maximum Gasteiger partial charge on any atom is 0.343 e. The van der Waals surface area contributed by atoms with E-state index in [0.717, 1.165) is 36.9 Å². The van der Waals surface area contributed by atoms with Crippen LogP contribution in [0.5, 0.6) is 0 Å². The van der Waals surface area contributed by atoms with E-state index >= 15 is 0 Å². The molecular weight excluding hydrogens is 550 g/mol. The number of aromatic nitrogens is 3. The molecule has 2 aromatic heterocycles. The zero-order chi connectivity index (χ0) is 30.1. The average Bonchev–Trinajstić information content (AvgIpc) is 3.61. The highest BCUT2D eigenvalue weighted by atomic mass is 16.6. The number of carbonyl (C=O) groups is 1. The molecule has 43 heavy (non-hydrogen) atoms. The summed E-state index contributed by atoms with van der Waals surface area (Å²) in [7, 11) is 1.88. The second-order valence-electron chi connectivity index (χ2n) is 13.5. The van der Waals surface area contributed by atoms with E-state index in [1.807, 2.05) is 36.9 Å². The largest absolute Gasteiger partial charge is 0.423 e. The molecule has 4 N–H and O–H groups in total. The van der Waals surface area contributed by atoms with Crippen LogP contribution in [-0.4, -0.2) is 92.9 Å². The number of carbonyl (C=O) groups excluding carboxylic acids is 1. The van der Waals surface area contributed by atoms with Crippen molar-refractivity contribution in [1.82, 2.24) is 19.4 Å². The lowest BCUT2D eigenvalue weighted by Gasteiger charge is -2.63. The molecule has 2 aromatic rings. The third-order valence-electron chi connectivity index (χ3n) is 11.1. The molecule has 5 heterocycles. The summed E-state index contributed by atoms with van der Waals surface area (Å²) in [5.74, 6) is 0.279. The molecule has 2 saturated carbocycles. The first-order valence-electron chi connectivity index (χ1n) is 15.2. The predicted molar refractivity (Wildman–Crippen MR) is 159 cm³/mol. The molecule has 7 atom stereocenters. The van der Waals surface area contributed by atoms with Crippen molar-refractivity contribution in [3.8, 4) is 0 Å². The number of hydrogen-bond acceptors (Lipinski definition) is 10. The zero-order valence-electron chi connectivity index (χ0n) is 25.0. The minimum atomic E-state index is -0.631. The number of rotatable bonds is 5. The summed E-state index contributed by atoms with van der Waals surface area (Å²) in [4.78, 5) is 24.0. The van der Waals surface area contributed by atoms with Crippen LogP contribution in [0.15, 0.2) is 42.0 Å². The van der Waals surface area contributed by atoms with Gasteiger partial charge in [-0.15, -0.1) is 0 Å². The third kappa shape index (κ3) is 4.47. The third-order valence-corrected chi connectivity index (χ3v) is 11.1. The van der Waals surface area contributed by atoms with Gasteiger partial charge in [0, 0.05) is 60.9 Å². The SMILES string of the molecule is Cn1cc(/C=C2C=C(/C=C/C3C4(CO4)C(N4CCOCC4)CC4[C@]3(C)CC[C@@H](O)[C@@]4(C)CO)C(=O)O\2)c2cnc(N)nc21.